The third-order valence-electron chi connectivity index (χ3n) is 5.96. The Bertz CT molecular complexity index is 1360. The van der Waals surface area contributed by atoms with Crippen LogP contribution < -0.4 is 14.3 Å². The van der Waals surface area contributed by atoms with Gasteiger partial charge in [0.25, 0.3) is 5.91 Å². The molecule has 1 aliphatic rings. The van der Waals surface area contributed by atoms with Gasteiger partial charge in [-0.1, -0.05) is 17.8 Å². The third kappa shape index (κ3) is 4.30. The number of sulfonamides is 1. The number of ether oxygens (including phenoxy) is 2. The number of thiazole rings is 1. The van der Waals surface area contributed by atoms with Gasteiger partial charge in [-0.25, -0.2) is 8.42 Å². The summed E-state index contributed by atoms with van der Waals surface area (Å²) in [6, 6.07) is 9.59. The van der Waals surface area contributed by atoms with Crippen LogP contribution in [-0.4, -0.2) is 50.0 Å². The molecule has 1 saturated heterocycles. The Balaban J connectivity index is 1.67. The van der Waals surface area contributed by atoms with Gasteiger partial charge in [0.1, 0.15) is 21.7 Å². The summed E-state index contributed by atoms with van der Waals surface area (Å²) in [7, 11) is 1.39. The van der Waals surface area contributed by atoms with Crippen LogP contribution in [0.1, 0.15) is 36.5 Å². The highest BCUT2D eigenvalue weighted by Gasteiger charge is 2.31. The van der Waals surface area contributed by atoms with E-state index in [-0.39, 0.29) is 10.9 Å². The second kappa shape index (κ2) is 9.28. The Hall–Kier alpha value is -2.69. The molecular formula is C23H27N3O5S2. The zero-order chi connectivity index (χ0) is 23.8. The van der Waals surface area contributed by atoms with Crippen molar-refractivity contribution in [1.82, 2.24) is 8.87 Å². The van der Waals surface area contributed by atoms with Gasteiger partial charge in [-0.3, -0.25) is 4.79 Å². The largest absolute Gasteiger partial charge is 0.495 e. The van der Waals surface area contributed by atoms with E-state index in [1.165, 1.54) is 35.6 Å². The Morgan fingerprint density at radius 3 is 2.36 bits per heavy atom. The van der Waals surface area contributed by atoms with E-state index in [1.54, 1.807) is 23.1 Å². The summed E-state index contributed by atoms with van der Waals surface area (Å²) in [5.74, 6) is 0.868. The van der Waals surface area contributed by atoms with Crippen molar-refractivity contribution in [1.29, 1.82) is 0 Å². The number of aromatic nitrogens is 1. The van der Waals surface area contributed by atoms with Crippen LogP contribution in [-0.2, 0) is 17.1 Å². The topological polar surface area (TPSA) is 90.2 Å². The number of piperidine rings is 1. The molecule has 0 bridgehead atoms. The average molecular weight is 490 g/mol. The van der Waals surface area contributed by atoms with Gasteiger partial charge in [-0.2, -0.15) is 9.30 Å². The number of methoxy groups -OCH3 is 2. The van der Waals surface area contributed by atoms with Crippen LogP contribution in [0.4, 0.5) is 0 Å². The van der Waals surface area contributed by atoms with E-state index >= 15 is 0 Å². The van der Waals surface area contributed by atoms with Crippen molar-refractivity contribution in [2.75, 3.05) is 20.8 Å². The predicted molar refractivity (Wildman–Crippen MR) is 127 cm³/mol. The molecule has 2 heterocycles. The van der Waals surface area contributed by atoms with E-state index in [0.717, 1.165) is 29.5 Å². The summed E-state index contributed by atoms with van der Waals surface area (Å²) in [6.07, 6.45) is 2.76. The van der Waals surface area contributed by atoms with Crippen LogP contribution in [0, 0.1) is 0 Å². The number of fused-ring (bicyclic) bond motifs is 1. The van der Waals surface area contributed by atoms with Crippen molar-refractivity contribution >= 4 is 37.5 Å². The van der Waals surface area contributed by atoms with Gasteiger partial charge in [0.2, 0.25) is 10.0 Å². The maximum absolute atomic E-state index is 13.0. The van der Waals surface area contributed by atoms with Crippen molar-refractivity contribution < 1.29 is 22.7 Å². The van der Waals surface area contributed by atoms with E-state index in [0.29, 0.717) is 28.4 Å². The molecule has 0 radical (unpaired) electrons. The summed E-state index contributed by atoms with van der Waals surface area (Å²) < 4.78 is 41.1. The van der Waals surface area contributed by atoms with Crippen LogP contribution in [0.3, 0.4) is 0 Å². The molecule has 176 valence electrons. The number of carbonyl (C=O) groups excluding carboxylic acids is 1. The molecule has 10 heteroatoms. The first-order valence-electron chi connectivity index (χ1n) is 10.7. The molecule has 1 amide bonds. The van der Waals surface area contributed by atoms with Gasteiger partial charge in [0.15, 0.2) is 4.80 Å². The Morgan fingerprint density at radius 2 is 1.73 bits per heavy atom. The quantitative estimate of drug-likeness (QED) is 0.547. The highest BCUT2D eigenvalue weighted by Crippen LogP contribution is 2.34. The Labute approximate surface area is 197 Å². The number of hydrogen-bond acceptors (Lipinski definition) is 6. The monoisotopic (exact) mass is 489 g/mol. The molecule has 1 atom stereocenters. The lowest BCUT2D eigenvalue weighted by molar-refractivity contribution is 0.0998. The number of benzene rings is 2. The second-order valence-corrected chi connectivity index (χ2v) is 10.9. The third-order valence-corrected chi connectivity index (χ3v) is 9.14. The van der Waals surface area contributed by atoms with Crippen LogP contribution in [0.5, 0.6) is 11.5 Å². The molecule has 1 aliphatic heterocycles. The van der Waals surface area contributed by atoms with Crippen LogP contribution >= 0.6 is 11.3 Å². The maximum atomic E-state index is 13.0. The summed E-state index contributed by atoms with van der Waals surface area (Å²) >= 11 is 1.32. The number of carbonyl (C=O) groups is 1. The first kappa shape index (κ1) is 23.5. The highest BCUT2D eigenvalue weighted by molar-refractivity contribution is 7.89. The molecule has 33 heavy (non-hydrogen) atoms. The molecule has 4 rings (SSSR count). The lowest BCUT2D eigenvalue weighted by Gasteiger charge is -2.32. The minimum Gasteiger partial charge on any atom is -0.495 e. The smallest absolute Gasteiger partial charge is 0.279 e. The molecular weight excluding hydrogens is 462 g/mol. The summed E-state index contributed by atoms with van der Waals surface area (Å²) in [4.78, 5) is 17.8. The SMILES string of the molecule is COc1ccc(OC)c2c1sc(=NC(=O)c1ccc(S(=O)(=O)N3CCCCC3C)cc1)n2C. The van der Waals surface area contributed by atoms with Gasteiger partial charge in [-0.15, -0.1) is 0 Å². The Morgan fingerprint density at radius 1 is 1.06 bits per heavy atom. The minimum atomic E-state index is -3.59. The van der Waals surface area contributed by atoms with E-state index in [2.05, 4.69) is 4.99 Å². The highest BCUT2D eigenvalue weighted by atomic mass is 32.2. The van der Waals surface area contributed by atoms with E-state index in [9.17, 15) is 13.2 Å². The standard InChI is InChI=1S/C23H27N3O5S2/c1-15-7-5-6-14-26(15)33(28,29)17-10-8-16(9-11-17)22(27)24-23-25(2)20-18(30-3)12-13-19(31-4)21(20)32-23/h8-13,15H,5-7,14H2,1-4H3. The van der Waals surface area contributed by atoms with Crippen LogP contribution in [0.2, 0.25) is 0 Å². The molecule has 8 nitrogen and oxygen atoms in total. The average Bonchev–Trinajstić information content (AvgIpc) is 3.14. The number of nitrogens with zero attached hydrogens (tertiary/aromatic N) is 3. The zero-order valence-corrected chi connectivity index (χ0v) is 20.7. The molecule has 0 spiro atoms. The second-order valence-electron chi connectivity index (χ2n) is 7.99. The fourth-order valence-electron chi connectivity index (χ4n) is 4.11. The van der Waals surface area contributed by atoms with Crippen LogP contribution in [0.25, 0.3) is 10.2 Å². The molecule has 1 fully saturated rings. The molecule has 0 saturated carbocycles. The molecule has 2 aromatic carbocycles. The van der Waals surface area contributed by atoms with Gasteiger partial charge in [0, 0.05) is 25.2 Å². The fourth-order valence-corrected chi connectivity index (χ4v) is 6.94. The van der Waals surface area contributed by atoms with Crippen molar-refractivity contribution in [2.45, 2.75) is 37.1 Å². The zero-order valence-electron chi connectivity index (χ0n) is 19.1. The van der Waals surface area contributed by atoms with Gasteiger partial charge >= 0.3 is 0 Å². The number of rotatable bonds is 5. The normalized spacial score (nSPS) is 17.9. The van der Waals surface area contributed by atoms with Gasteiger partial charge in [-0.05, 0) is 56.2 Å². The first-order valence-corrected chi connectivity index (χ1v) is 12.9. The lowest BCUT2D eigenvalue weighted by Crippen LogP contribution is -2.41. The lowest BCUT2D eigenvalue weighted by atomic mass is 10.1. The molecule has 0 N–H and O–H groups in total. The predicted octanol–water partition coefficient (Wildman–Crippen LogP) is 3.56. The fraction of sp³-hybridized carbons (Fsp3) is 0.391. The van der Waals surface area contributed by atoms with Crippen molar-refractivity contribution in [3.63, 3.8) is 0 Å². The molecule has 1 unspecified atom stereocenters. The van der Waals surface area contributed by atoms with E-state index in [4.69, 9.17) is 9.47 Å². The van der Waals surface area contributed by atoms with Crippen molar-refractivity contribution in [3.05, 3.63) is 46.8 Å². The van der Waals surface area contributed by atoms with E-state index < -0.39 is 15.9 Å². The number of hydrogen-bond donors (Lipinski definition) is 0. The van der Waals surface area contributed by atoms with Crippen molar-refractivity contribution in [3.8, 4) is 11.5 Å². The number of aryl methyl sites for hydroxylation is 1. The van der Waals surface area contributed by atoms with Gasteiger partial charge < -0.3 is 14.0 Å². The number of amides is 1. The molecule has 1 aromatic heterocycles. The minimum absolute atomic E-state index is 0.0259. The Kier molecular flexibility index (Phi) is 6.60. The first-order chi connectivity index (χ1) is 15.8. The maximum Gasteiger partial charge on any atom is 0.279 e. The van der Waals surface area contributed by atoms with E-state index in [1.807, 2.05) is 26.1 Å². The molecule has 3 aromatic rings. The van der Waals surface area contributed by atoms with Crippen molar-refractivity contribution in [2.24, 2.45) is 12.0 Å². The van der Waals surface area contributed by atoms with Crippen LogP contribution in [0.15, 0.2) is 46.3 Å². The summed E-state index contributed by atoms with van der Waals surface area (Å²) in [6.45, 7) is 2.46. The summed E-state index contributed by atoms with van der Waals surface area (Å²) in [5, 5.41) is 0. The molecule has 0 aliphatic carbocycles. The summed E-state index contributed by atoms with van der Waals surface area (Å²) in [5.41, 5.74) is 1.10. The van der Waals surface area contributed by atoms with Gasteiger partial charge in [0.05, 0.1) is 19.1 Å².